The summed E-state index contributed by atoms with van der Waals surface area (Å²) in [7, 11) is 0. The Hall–Kier alpha value is -0.610. The minimum absolute atomic E-state index is 0.206. The fraction of sp³-hybridized carbons (Fsp3) is 0.923. The highest BCUT2D eigenvalue weighted by Gasteiger charge is 2.33. The van der Waals surface area contributed by atoms with E-state index in [2.05, 4.69) is 10.6 Å². The lowest BCUT2D eigenvalue weighted by molar-refractivity contribution is -0.117. The number of carbonyl (C=O) groups is 1. The van der Waals surface area contributed by atoms with E-state index in [1.807, 2.05) is 0 Å². The highest BCUT2D eigenvalue weighted by atomic mass is 16.1. The molecule has 1 saturated heterocycles. The fourth-order valence-electron chi connectivity index (χ4n) is 3.35. The van der Waals surface area contributed by atoms with Crippen LogP contribution in [0.2, 0.25) is 0 Å². The second-order valence-electron chi connectivity index (χ2n) is 5.43. The first-order valence-electron chi connectivity index (χ1n) is 7.02. The summed E-state index contributed by atoms with van der Waals surface area (Å²) in [6.07, 6.45) is 8.36. The molecule has 4 N–H and O–H groups in total. The maximum Gasteiger partial charge on any atom is 0.218 e. The molecule has 4 heteroatoms. The van der Waals surface area contributed by atoms with E-state index in [4.69, 9.17) is 5.73 Å². The monoisotopic (exact) mass is 239 g/mol. The molecule has 2 aliphatic rings. The largest absolute Gasteiger partial charge is 0.370 e. The Balaban J connectivity index is 1.77. The number of rotatable bonds is 5. The molecule has 0 bridgehead atoms. The summed E-state index contributed by atoms with van der Waals surface area (Å²) in [5.41, 5.74) is 5.16. The van der Waals surface area contributed by atoms with Gasteiger partial charge in [0.1, 0.15) is 0 Å². The quantitative estimate of drug-likeness (QED) is 0.663. The molecule has 2 rings (SSSR count). The van der Waals surface area contributed by atoms with Crippen molar-refractivity contribution in [2.45, 2.75) is 57.0 Å². The zero-order valence-corrected chi connectivity index (χ0v) is 10.6. The van der Waals surface area contributed by atoms with Crippen LogP contribution in [0.5, 0.6) is 0 Å². The van der Waals surface area contributed by atoms with Crippen LogP contribution in [0.15, 0.2) is 0 Å². The zero-order chi connectivity index (χ0) is 12.1. The van der Waals surface area contributed by atoms with Gasteiger partial charge in [0.25, 0.3) is 0 Å². The minimum Gasteiger partial charge on any atom is -0.370 e. The van der Waals surface area contributed by atoms with Crippen LogP contribution in [0, 0.1) is 5.92 Å². The first-order chi connectivity index (χ1) is 8.27. The summed E-state index contributed by atoms with van der Waals surface area (Å²) in [5.74, 6) is 0.547. The number of primary amides is 1. The zero-order valence-electron chi connectivity index (χ0n) is 10.6. The number of hydrogen-bond acceptors (Lipinski definition) is 3. The van der Waals surface area contributed by atoms with Crippen molar-refractivity contribution in [3.05, 3.63) is 0 Å². The minimum atomic E-state index is -0.206. The molecule has 0 radical (unpaired) electrons. The van der Waals surface area contributed by atoms with Crippen molar-refractivity contribution in [2.75, 3.05) is 13.1 Å². The van der Waals surface area contributed by atoms with Crippen LogP contribution >= 0.6 is 0 Å². The predicted octanol–water partition coefficient (Wildman–Crippen LogP) is 0.762. The Morgan fingerprint density at radius 2 is 2.12 bits per heavy atom. The Morgan fingerprint density at radius 1 is 1.24 bits per heavy atom. The average Bonchev–Trinajstić information content (AvgIpc) is 2.78. The van der Waals surface area contributed by atoms with E-state index in [0.29, 0.717) is 18.5 Å². The molecule has 0 aromatic heterocycles. The Kier molecular flexibility index (Phi) is 4.80. The molecule has 1 saturated carbocycles. The summed E-state index contributed by atoms with van der Waals surface area (Å²) in [5, 5.41) is 7.18. The lowest BCUT2D eigenvalue weighted by Gasteiger charge is -2.33. The van der Waals surface area contributed by atoms with E-state index in [1.165, 1.54) is 45.1 Å². The van der Waals surface area contributed by atoms with Gasteiger partial charge in [-0.15, -0.1) is 0 Å². The van der Waals surface area contributed by atoms with Gasteiger partial charge in [0.05, 0.1) is 0 Å². The van der Waals surface area contributed by atoms with Gasteiger partial charge in [0, 0.05) is 25.0 Å². The van der Waals surface area contributed by atoms with Crippen molar-refractivity contribution in [3.8, 4) is 0 Å². The third-order valence-electron chi connectivity index (χ3n) is 4.21. The standard InChI is InChI=1S/C13H25N3O/c14-13(17)7-9-16-12-6-3-4-10(12)11-5-1-2-8-15-11/h10-12,15-16H,1-9H2,(H2,14,17). The number of nitrogens with two attached hydrogens (primary N) is 1. The van der Waals surface area contributed by atoms with Crippen LogP contribution in [0.4, 0.5) is 0 Å². The van der Waals surface area contributed by atoms with Gasteiger partial charge in [0.15, 0.2) is 0 Å². The molecule has 0 spiro atoms. The molecule has 17 heavy (non-hydrogen) atoms. The maximum atomic E-state index is 10.7. The second kappa shape index (κ2) is 6.36. The predicted molar refractivity (Wildman–Crippen MR) is 68.6 cm³/mol. The molecule has 3 unspecified atom stereocenters. The smallest absolute Gasteiger partial charge is 0.218 e. The van der Waals surface area contributed by atoms with E-state index < -0.39 is 0 Å². The third kappa shape index (κ3) is 3.68. The van der Waals surface area contributed by atoms with E-state index in [9.17, 15) is 4.79 Å². The molecule has 3 atom stereocenters. The number of nitrogens with one attached hydrogen (secondary N) is 2. The van der Waals surface area contributed by atoms with Crippen LogP contribution < -0.4 is 16.4 Å². The van der Waals surface area contributed by atoms with E-state index in [1.54, 1.807) is 0 Å². The van der Waals surface area contributed by atoms with Gasteiger partial charge in [-0.25, -0.2) is 0 Å². The molecule has 98 valence electrons. The summed E-state index contributed by atoms with van der Waals surface area (Å²) in [6.45, 7) is 1.92. The van der Waals surface area contributed by atoms with Crippen LogP contribution in [0.3, 0.4) is 0 Å². The second-order valence-corrected chi connectivity index (χ2v) is 5.43. The Bertz CT molecular complexity index is 251. The van der Waals surface area contributed by atoms with Crippen molar-refractivity contribution in [3.63, 3.8) is 0 Å². The lowest BCUT2D eigenvalue weighted by Crippen LogP contribution is -2.47. The molecule has 1 aliphatic carbocycles. The average molecular weight is 239 g/mol. The van der Waals surface area contributed by atoms with Gasteiger partial charge < -0.3 is 16.4 Å². The number of hydrogen-bond donors (Lipinski definition) is 3. The first-order valence-corrected chi connectivity index (χ1v) is 7.02. The van der Waals surface area contributed by atoms with E-state index in [0.717, 1.165) is 12.5 Å². The SMILES string of the molecule is NC(=O)CCNC1CCCC1C1CCCCN1. The summed E-state index contributed by atoms with van der Waals surface area (Å²) in [6, 6.07) is 1.28. The van der Waals surface area contributed by atoms with Crippen molar-refractivity contribution in [2.24, 2.45) is 11.7 Å². The lowest BCUT2D eigenvalue weighted by atomic mass is 9.88. The van der Waals surface area contributed by atoms with Gasteiger partial charge in [0.2, 0.25) is 5.91 Å². The van der Waals surface area contributed by atoms with Gasteiger partial charge in [-0.3, -0.25) is 4.79 Å². The molecule has 1 heterocycles. The number of piperidine rings is 1. The van der Waals surface area contributed by atoms with Gasteiger partial charge in [-0.2, -0.15) is 0 Å². The molecule has 4 nitrogen and oxygen atoms in total. The molecule has 0 aromatic carbocycles. The summed E-state index contributed by atoms with van der Waals surface area (Å²) < 4.78 is 0. The normalized spacial score (nSPS) is 33.8. The molecular formula is C13H25N3O. The third-order valence-corrected chi connectivity index (χ3v) is 4.21. The highest BCUT2D eigenvalue weighted by Crippen LogP contribution is 2.31. The van der Waals surface area contributed by atoms with Crippen molar-refractivity contribution < 1.29 is 4.79 Å². The summed E-state index contributed by atoms with van der Waals surface area (Å²) >= 11 is 0. The Labute approximate surface area is 104 Å². The number of amides is 1. The van der Waals surface area contributed by atoms with Crippen LogP contribution in [0.25, 0.3) is 0 Å². The molecule has 1 aliphatic heterocycles. The molecule has 0 aromatic rings. The highest BCUT2D eigenvalue weighted by molar-refractivity contribution is 5.73. The van der Waals surface area contributed by atoms with Crippen molar-refractivity contribution in [1.82, 2.24) is 10.6 Å². The van der Waals surface area contributed by atoms with Gasteiger partial charge in [-0.1, -0.05) is 12.8 Å². The Morgan fingerprint density at radius 3 is 2.82 bits per heavy atom. The fourth-order valence-corrected chi connectivity index (χ4v) is 3.35. The van der Waals surface area contributed by atoms with Crippen LogP contribution in [0.1, 0.15) is 44.9 Å². The van der Waals surface area contributed by atoms with Crippen LogP contribution in [-0.2, 0) is 4.79 Å². The topological polar surface area (TPSA) is 67.2 Å². The van der Waals surface area contributed by atoms with Crippen molar-refractivity contribution >= 4 is 5.91 Å². The molecule has 1 amide bonds. The van der Waals surface area contributed by atoms with E-state index >= 15 is 0 Å². The first kappa shape index (κ1) is 12.8. The summed E-state index contributed by atoms with van der Waals surface area (Å²) in [4.78, 5) is 10.7. The van der Waals surface area contributed by atoms with Gasteiger partial charge >= 0.3 is 0 Å². The van der Waals surface area contributed by atoms with Crippen molar-refractivity contribution in [1.29, 1.82) is 0 Å². The maximum absolute atomic E-state index is 10.7. The molecule has 2 fully saturated rings. The van der Waals surface area contributed by atoms with Gasteiger partial charge in [-0.05, 0) is 38.1 Å². The molecular weight excluding hydrogens is 214 g/mol. The number of carbonyl (C=O) groups excluding carboxylic acids is 1. The van der Waals surface area contributed by atoms with E-state index in [-0.39, 0.29) is 5.91 Å². The van der Waals surface area contributed by atoms with Crippen LogP contribution in [-0.4, -0.2) is 31.1 Å².